The van der Waals surface area contributed by atoms with Gasteiger partial charge in [-0.3, -0.25) is 5.01 Å². The number of hydrogen-bond acceptors (Lipinski definition) is 6. The van der Waals surface area contributed by atoms with Crippen molar-refractivity contribution in [1.82, 2.24) is 0 Å². The molecule has 118 valence electrons. The lowest BCUT2D eigenvalue weighted by Crippen LogP contribution is -2.26. The van der Waals surface area contributed by atoms with Gasteiger partial charge in [0.15, 0.2) is 0 Å². The molecule has 0 saturated carbocycles. The van der Waals surface area contributed by atoms with Gasteiger partial charge in [0, 0.05) is 12.1 Å². The summed E-state index contributed by atoms with van der Waals surface area (Å²) in [5.41, 5.74) is 1.37. The summed E-state index contributed by atoms with van der Waals surface area (Å²) in [4.78, 5) is 0. The first-order valence-corrected chi connectivity index (χ1v) is 6.63. The Morgan fingerprint density at radius 2 is 1.09 bits per heavy atom. The van der Waals surface area contributed by atoms with E-state index < -0.39 is 0 Å². The Bertz CT molecular complexity index is 591. The lowest BCUT2D eigenvalue weighted by atomic mass is 10.2. The molecular formula is C16H20N2O4. The molecule has 0 saturated heterocycles. The molecule has 0 aliphatic heterocycles. The number of methoxy groups -OCH3 is 4. The van der Waals surface area contributed by atoms with E-state index in [4.69, 9.17) is 24.8 Å². The quantitative estimate of drug-likeness (QED) is 0.654. The number of nitrogens with zero attached hydrogens (tertiary/aromatic N) is 1. The molecule has 0 aliphatic rings. The van der Waals surface area contributed by atoms with E-state index in [-0.39, 0.29) is 0 Å². The Labute approximate surface area is 129 Å². The molecule has 0 atom stereocenters. The van der Waals surface area contributed by atoms with E-state index in [1.165, 1.54) is 5.01 Å². The molecule has 0 heterocycles. The van der Waals surface area contributed by atoms with E-state index in [2.05, 4.69) is 0 Å². The van der Waals surface area contributed by atoms with Crippen LogP contribution in [0.15, 0.2) is 36.4 Å². The molecule has 6 nitrogen and oxygen atoms in total. The van der Waals surface area contributed by atoms with Crippen LogP contribution in [-0.2, 0) is 0 Å². The summed E-state index contributed by atoms with van der Waals surface area (Å²) in [7, 11) is 6.36. The highest BCUT2D eigenvalue weighted by Crippen LogP contribution is 2.39. The summed E-state index contributed by atoms with van der Waals surface area (Å²) in [6, 6.07) is 10.8. The standard InChI is InChI=1S/C16H20N2O4/c1-19-11-5-7-13(15(9-11)21-3)18(17)14-8-6-12(20-2)10-16(14)22-4/h5-10H,17H2,1-4H3. The first kappa shape index (κ1) is 15.8. The molecule has 2 aromatic rings. The van der Waals surface area contributed by atoms with Gasteiger partial charge in [0.05, 0.1) is 39.8 Å². The van der Waals surface area contributed by atoms with Crippen LogP contribution in [0.25, 0.3) is 0 Å². The number of hydrogen-bond donors (Lipinski definition) is 1. The van der Waals surface area contributed by atoms with Gasteiger partial charge in [-0.1, -0.05) is 0 Å². The van der Waals surface area contributed by atoms with E-state index in [1.807, 2.05) is 24.3 Å². The molecule has 22 heavy (non-hydrogen) atoms. The molecule has 0 amide bonds. The van der Waals surface area contributed by atoms with Gasteiger partial charge in [-0.2, -0.15) is 0 Å². The fraction of sp³-hybridized carbons (Fsp3) is 0.250. The minimum absolute atomic E-state index is 0.597. The summed E-state index contributed by atoms with van der Waals surface area (Å²) < 4.78 is 21.1. The molecule has 0 unspecified atom stereocenters. The monoisotopic (exact) mass is 304 g/mol. The van der Waals surface area contributed by atoms with E-state index in [0.717, 1.165) is 0 Å². The van der Waals surface area contributed by atoms with Crippen LogP contribution in [0.1, 0.15) is 0 Å². The number of anilines is 2. The highest BCUT2D eigenvalue weighted by atomic mass is 16.5. The maximum Gasteiger partial charge on any atom is 0.147 e. The number of hydrazine groups is 1. The highest BCUT2D eigenvalue weighted by molar-refractivity contribution is 5.73. The van der Waals surface area contributed by atoms with E-state index in [0.29, 0.717) is 34.4 Å². The third-order valence-electron chi connectivity index (χ3n) is 3.29. The zero-order valence-electron chi connectivity index (χ0n) is 13.1. The van der Waals surface area contributed by atoms with Crippen molar-refractivity contribution in [2.45, 2.75) is 0 Å². The Hall–Kier alpha value is -2.60. The van der Waals surface area contributed by atoms with E-state index >= 15 is 0 Å². The van der Waals surface area contributed by atoms with Crippen molar-refractivity contribution in [2.24, 2.45) is 5.84 Å². The second-order valence-electron chi connectivity index (χ2n) is 4.45. The number of benzene rings is 2. The van der Waals surface area contributed by atoms with Crippen molar-refractivity contribution >= 4 is 11.4 Å². The van der Waals surface area contributed by atoms with Gasteiger partial charge in [0.25, 0.3) is 0 Å². The molecule has 2 N–H and O–H groups in total. The van der Waals surface area contributed by atoms with Crippen LogP contribution in [0, 0.1) is 0 Å². The maximum absolute atomic E-state index is 6.24. The maximum atomic E-state index is 6.24. The predicted molar refractivity (Wildman–Crippen MR) is 85.4 cm³/mol. The molecule has 2 aromatic carbocycles. The Morgan fingerprint density at radius 1 is 0.682 bits per heavy atom. The third-order valence-corrected chi connectivity index (χ3v) is 3.29. The highest BCUT2D eigenvalue weighted by Gasteiger charge is 2.16. The topological polar surface area (TPSA) is 66.2 Å². The lowest BCUT2D eigenvalue weighted by Gasteiger charge is -2.23. The van der Waals surface area contributed by atoms with Crippen LogP contribution in [0.2, 0.25) is 0 Å². The molecule has 0 spiro atoms. The minimum Gasteiger partial charge on any atom is -0.497 e. The molecule has 0 aromatic heterocycles. The molecule has 0 aliphatic carbocycles. The van der Waals surface area contributed by atoms with Gasteiger partial charge in [-0.25, -0.2) is 5.84 Å². The minimum atomic E-state index is 0.597. The number of nitrogens with two attached hydrogens (primary N) is 1. The second-order valence-corrected chi connectivity index (χ2v) is 4.45. The first-order valence-electron chi connectivity index (χ1n) is 6.63. The number of rotatable bonds is 6. The van der Waals surface area contributed by atoms with Crippen molar-refractivity contribution in [3.8, 4) is 23.0 Å². The summed E-state index contributed by atoms with van der Waals surface area (Å²) in [5.74, 6) is 8.82. The predicted octanol–water partition coefficient (Wildman–Crippen LogP) is 2.73. The summed E-state index contributed by atoms with van der Waals surface area (Å²) >= 11 is 0. The first-order chi connectivity index (χ1) is 10.6. The van der Waals surface area contributed by atoms with Crippen molar-refractivity contribution in [1.29, 1.82) is 0 Å². The third kappa shape index (κ3) is 3.01. The Kier molecular flexibility index (Phi) is 4.95. The van der Waals surface area contributed by atoms with Gasteiger partial charge in [0.1, 0.15) is 23.0 Å². The summed E-state index contributed by atoms with van der Waals surface area (Å²) in [5, 5.41) is 1.50. The Morgan fingerprint density at radius 3 is 1.41 bits per heavy atom. The van der Waals surface area contributed by atoms with E-state index in [9.17, 15) is 0 Å². The smallest absolute Gasteiger partial charge is 0.147 e. The van der Waals surface area contributed by atoms with Crippen LogP contribution >= 0.6 is 0 Å². The van der Waals surface area contributed by atoms with Crippen LogP contribution in [0.3, 0.4) is 0 Å². The Balaban J connectivity index is 2.45. The van der Waals surface area contributed by atoms with Crippen LogP contribution in [0.5, 0.6) is 23.0 Å². The van der Waals surface area contributed by atoms with Crippen LogP contribution in [-0.4, -0.2) is 28.4 Å². The van der Waals surface area contributed by atoms with Crippen LogP contribution in [0.4, 0.5) is 11.4 Å². The molecule has 6 heteroatoms. The van der Waals surface area contributed by atoms with Crippen molar-refractivity contribution < 1.29 is 18.9 Å². The second kappa shape index (κ2) is 6.91. The van der Waals surface area contributed by atoms with Crippen molar-refractivity contribution in [2.75, 3.05) is 33.4 Å². The number of ether oxygens (including phenoxy) is 4. The summed E-state index contributed by atoms with van der Waals surface area (Å²) in [6.07, 6.45) is 0. The van der Waals surface area contributed by atoms with Crippen molar-refractivity contribution in [3.05, 3.63) is 36.4 Å². The molecular weight excluding hydrogens is 284 g/mol. The average Bonchev–Trinajstić information content (AvgIpc) is 2.59. The normalized spacial score (nSPS) is 10.0. The fourth-order valence-electron chi connectivity index (χ4n) is 2.10. The zero-order valence-corrected chi connectivity index (χ0v) is 13.1. The van der Waals surface area contributed by atoms with Gasteiger partial charge in [-0.05, 0) is 24.3 Å². The van der Waals surface area contributed by atoms with Crippen molar-refractivity contribution in [3.63, 3.8) is 0 Å². The lowest BCUT2D eigenvalue weighted by molar-refractivity contribution is 0.392. The van der Waals surface area contributed by atoms with Crippen LogP contribution < -0.4 is 29.8 Å². The van der Waals surface area contributed by atoms with E-state index in [1.54, 1.807) is 40.6 Å². The molecule has 0 fully saturated rings. The summed E-state index contributed by atoms with van der Waals surface area (Å²) in [6.45, 7) is 0. The van der Waals surface area contributed by atoms with Gasteiger partial charge in [0.2, 0.25) is 0 Å². The largest absolute Gasteiger partial charge is 0.497 e. The molecule has 0 bridgehead atoms. The molecule has 0 radical (unpaired) electrons. The zero-order chi connectivity index (χ0) is 16.1. The average molecular weight is 304 g/mol. The fourth-order valence-corrected chi connectivity index (χ4v) is 2.10. The van der Waals surface area contributed by atoms with Gasteiger partial charge < -0.3 is 18.9 Å². The molecule has 2 rings (SSSR count). The SMILES string of the molecule is COc1ccc(N(N)c2ccc(OC)cc2OC)c(OC)c1. The van der Waals surface area contributed by atoms with Gasteiger partial charge >= 0.3 is 0 Å². The van der Waals surface area contributed by atoms with Gasteiger partial charge in [-0.15, -0.1) is 0 Å².